The minimum absolute atomic E-state index is 0.150. The molecule has 0 fully saturated rings. The molecule has 2 aromatic rings. The molecule has 0 bridgehead atoms. The first-order valence-corrected chi connectivity index (χ1v) is 6.46. The number of nitrogens with zero attached hydrogens (tertiary/aromatic N) is 1. The Morgan fingerprint density at radius 3 is 2.50 bits per heavy atom. The molecule has 0 unspecified atom stereocenters. The highest BCUT2D eigenvalue weighted by molar-refractivity contribution is 7.13. The van der Waals surface area contributed by atoms with Crippen LogP contribution >= 0.6 is 11.3 Å². The van der Waals surface area contributed by atoms with Crippen LogP contribution in [0.25, 0.3) is 10.6 Å². The second kappa shape index (κ2) is 5.18. The van der Waals surface area contributed by atoms with E-state index in [2.05, 4.69) is 4.98 Å². The molecule has 1 aromatic heterocycles. The second-order valence-electron chi connectivity index (χ2n) is 4.09. The summed E-state index contributed by atoms with van der Waals surface area (Å²) in [5, 5.41) is 2.44. The average Bonchev–Trinajstić information content (AvgIpc) is 2.78. The fourth-order valence-electron chi connectivity index (χ4n) is 1.47. The summed E-state index contributed by atoms with van der Waals surface area (Å²) in [5.74, 6) is 0.317. The van der Waals surface area contributed by atoms with Gasteiger partial charge in [0.05, 0.1) is 6.10 Å². The van der Waals surface area contributed by atoms with Crippen molar-refractivity contribution in [3.05, 3.63) is 35.3 Å². The Labute approximate surface area is 109 Å². The highest BCUT2D eigenvalue weighted by Crippen LogP contribution is 2.25. The van der Waals surface area contributed by atoms with E-state index < -0.39 is 5.91 Å². The van der Waals surface area contributed by atoms with E-state index in [4.69, 9.17) is 10.5 Å². The topological polar surface area (TPSA) is 65.2 Å². The lowest BCUT2D eigenvalue weighted by Gasteiger charge is -2.09. The monoisotopic (exact) mass is 262 g/mol. The van der Waals surface area contributed by atoms with Gasteiger partial charge in [-0.2, -0.15) is 0 Å². The van der Waals surface area contributed by atoms with E-state index in [9.17, 15) is 4.79 Å². The number of amides is 1. The van der Waals surface area contributed by atoms with Crippen LogP contribution in [0.3, 0.4) is 0 Å². The van der Waals surface area contributed by atoms with E-state index in [1.165, 1.54) is 11.3 Å². The van der Waals surface area contributed by atoms with Gasteiger partial charge >= 0.3 is 0 Å². The quantitative estimate of drug-likeness (QED) is 0.921. The molecule has 2 N–H and O–H groups in total. The van der Waals surface area contributed by atoms with Crippen molar-refractivity contribution in [3.63, 3.8) is 0 Å². The SMILES string of the molecule is CC(C)Oc1ccc(-c2nc(C(N)=O)cs2)cc1. The standard InChI is InChI=1S/C13H14N2O2S/c1-8(2)17-10-5-3-9(4-6-10)13-15-11(7-18-13)12(14)16/h3-8H,1-2H3,(H2,14,16). The number of thiazole rings is 1. The van der Waals surface area contributed by atoms with Crippen molar-refractivity contribution in [1.29, 1.82) is 0 Å². The number of nitrogens with two attached hydrogens (primary N) is 1. The van der Waals surface area contributed by atoms with Crippen LogP contribution in [0.4, 0.5) is 0 Å². The zero-order valence-corrected chi connectivity index (χ0v) is 11.0. The fourth-order valence-corrected chi connectivity index (χ4v) is 2.28. The third kappa shape index (κ3) is 2.87. The molecule has 0 saturated carbocycles. The van der Waals surface area contributed by atoms with Crippen molar-refractivity contribution >= 4 is 17.2 Å². The molecule has 0 radical (unpaired) electrons. The van der Waals surface area contributed by atoms with E-state index in [0.717, 1.165) is 16.3 Å². The van der Waals surface area contributed by atoms with E-state index in [-0.39, 0.29) is 6.10 Å². The predicted molar refractivity (Wildman–Crippen MR) is 71.8 cm³/mol. The van der Waals surface area contributed by atoms with Gasteiger partial charge in [-0.1, -0.05) is 0 Å². The Kier molecular flexibility index (Phi) is 3.62. The van der Waals surface area contributed by atoms with Crippen molar-refractivity contribution in [3.8, 4) is 16.3 Å². The molecule has 5 heteroatoms. The van der Waals surface area contributed by atoms with E-state index in [1.807, 2.05) is 38.1 Å². The number of hydrogen-bond donors (Lipinski definition) is 1. The molecule has 2 rings (SSSR count). The molecule has 0 saturated heterocycles. The Balaban J connectivity index is 2.20. The number of benzene rings is 1. The Morgan fingerprint density at radius 2 is 2.00 bits per heavy atom. The van der Waals surface area contributed by atoms with Crippen LogP contribution in [-0.2, 0) is 0 Å². The number of hydrogen-bond acceptors (Lipinski definition) is 4. The molecule has 94 valence electrons. The summed E-state index contributed by atoms with van der Waals surface area (Å²) in [7, 11) is 0. The first kappa shape index (κ1) is 12.6. The lowest BCUT2D eigenvalue weighted by molar-refractivity contribution is 0.0996. The van der Waals surface area contributed by atoms with E-state index in [0.29, 0.717) is 5.69 Å². The van der Waals surface area contributed by atoms with Gasteiger partial charge in [-0.05, 0) is 38.1 Å². The maximum Gasteiger partial charge on any atom is 0.268 e. The molecule has 0 atom stereocenters. The van der Waals surface area contributed by atoms with Gasteiger partial charge in [-0.15, -0.1) is 11.3 Å². The molecule has 1 amide bonds. The number of primary amides is 1. The molecule has 18 heavy (non-hydrogen) atoms. The van der Waals surface area contributed by atoms with Crippen molar-refractivity contribution in [1.82, 2.24) is 4.98 Å². The number of aromatic nitrogens is 1. The molecule has 0 aliphatic carbocycles. The third-order valence-corrected chi connectivity index (χ3v) is 3.12. The highest BCUT2D eigenvalue weighted by Gasteiger charge is 2.08. The van der Waals surface area contributed by atoms with Crippen LogP contribution in [0.1, 0.15) is 24.3 Å². The molecular weight excluding hydrogens is 248 g/mol. The lowest BCUT2D eigenvalue weighted by Crippen LogP contribution is -2.10. The first-order chi connectivity index (χ1) is 8.56. The molecule has 1 aromatic carbocycles. The van der Waals surface area contributed by atoms with Crippen LogP contribution in [0, 0.1) is 0 Å². The molecule has 0 aliphatic heterocycles. The van der Waals surface area contributed by atoms with E-state index >= 15 is 0 Å². The summed E-state index contributed by atoms with van der Waals surface area (Å²) < 4.78 is 5.56. The second-order valence-corrected chi connectivity index (χ2v) is 4.95. The van der Waals surface area contributed by atoms with Crippen molar-refractivity contribution in [2.24, 2.45) is 5.73 Å². The number of carbonyl (C=O) groups excluding carboxylic acids is 1. The number of ether oxygens (including phenoxy) is 1. The van der Waals surface area contributed by atoms with Gasteiger partial charge in [0, 0.05) is 10.9 Å². The van der Waals surface area contributed by atoms with Crippen LogP contribution < -0.4 is 10.5 Å². The summed E-state index contributed by atoms with van der Waals surface area (Å²) in [6.07, 6.45) is 0.150. The molecule has 0 aliphatic rings. The highest BCUT2D eigenvalue weighted by atomic mass is 32.1. The normalized spacial score (nSPS) is 10.6. The smallest absolute Gasteiger partial charge is 0.268 e. The Bertz CT molecular complexity index is 546. The Hall–Kier alpha value is -1.88. The zero-order valence-electron chi connectivity index (χ0n) is 10.2. The first-order valence-electron chi connectivity index (χ1n) is 5.58. The summed E-state index contributed by atoms with van der Waals surface area (Å²) >= 11 is 1.40. The molecule has 4 nitrogen and oxygen atoms in total. The van der Waals surface area contributed by atoms with Gasteiger partial charge in [0.15, 0.2) is 0 Å². The molecule has 0 spiro atoms. The van der Waals surface area contributed by atoms with Crippen LogP contribution in [-0.4, -0.2) is 17.0 Å². The van der Waals surface area contributed by atoms with Crippen LogP contribution in [0.2, 0.25) is 0 Å². The zero-order chi connectivity index (χ0) is 13.1. The largest absolute Gasteiger partial charge is 0.491 e. The maximum absolute atomic E-state index is 11.0. The third-order valence-electron chi connectivity index (χ3n) is 2.23. The lowest BCUT2D eigenvalue weighted by atomic mass is 10.2. The minimum atomic E-state index is -0.503. The van der Waals surface area contributed by atoms with Crippen LogP contribution in [0.5, 0.6) is 5.75 Å². The fraction of sp³-hybridized carbons (Fsp3) is 0.231. The molecule has 1 heterocycles. The summed E-state index contributed by atoms with van der Waals surface area (Å²) in [4.78, 5) is 15.1. The van der Waals surface area contributed by atoms with Gasteiger partial charge < -0.3 is 10.5 Å². The number of rotatable bonds is 4. The average molecular weight is 262 g/mol. The van der Waals surface area contributed by atoms with Crippen LogP contribution in [0.15, 0.2) is 29.6 Å². The van der Waals surface area contributed by atoms with Gasteiger partial charge in [-0.25, -0.2) is 4.98 Å². The van der Waals surface area contributed by atoms with Gasteiger partial charge in [0.1, 0.15) is 16.5 Å². The summed E-state index contributed by atoms with van der Waals surface area (Å²) in [5.41, 5.74) is 6.42. The predicted octanol–water partition coefficient (Wildman–Crippen LogP) is 2.70. The van der Waals surface area contributed by atoms with Gasteiger partial charge in [-0.3, -0.25) is 4.79 Å². The molecular formula is C13H14N2O2S. The Morgan fingerprint density at radius 1 is 1.33 bits per heavy atom. The van der Waals surface area contributed by atoms with Crippen molar-refractivity contribution in [2.75, 3.05) is 0 Å². The van der Waals surface area contributed by atoms with Crippen molar-refractivity contribution < 1.29 is 9.53 Å². The summed E-state index contributed by atoms with van der Waals surface area (Å²) in [6, 6.07) is 7.62. The minimum Gasteiger partial charge on any atom is -0.491 e. The number of carbonyl (C=O) groups is 1. The van der Waals surface area contributed by atoms with Gasteiger partial charge in [0.2, 0.25) is 0 Å². The van der Waals surface area contributed by atoms with Crippen molar-refractivity contribution in [2.45, 2.75) is 20.0 Å². The maximum atomic E-state index is 11.0. The van der Waals surface area contributed by atoms with E-state index in [1.54, 1.807) is 5.38 Å². The summed E-state index contributed by atoms with van der Waals surface area (Å²) in [6.45, 7) is 3.96. The van der Waals surface area contributed by atoms with Gasteiger partial charge in [0.25, 0.3) is 5.91 Å².